The average molecular weight is 517 g/mol. The number of carboxylic acid groups (broad SMARTS) is 1. The third kappa shape index (κ3) is 7.40. The zero-order valence-electron chi connectivity index (χ0n) is 20.4. The number of halogens is 2. The van der Waals surface area contributed by atoms with E-state index in [1.165, 1.54) is 17.7 Å². The van der Waals surface area contributed by atoms with Gasteiger partial charge in [0.05, 0.1) is 11.4 Å². The van der Waals surface area contributed by atoms with Crippen LogP contribution in [0.3, 0.4) is 0 Å². The van der Waals surface area contributed by atoms with E-state index in [9.17, 15) is 19.1 Å². The number of aryl methyl sites for hydroxylation is 2. The zero-order chi connectivity index (χ0) is 25.5. The van der Waals surface area contributed by atoms with Crippen LogP contribution in [-0.4, -0.2) is 58.6 Å². The standard InChI is InChI=1S/C27H34ClFN4O3/c28-25-19(5-3-8-22(25)29)17-24(34)32-23(27(35)36)13-16-33(21-11-12-21)15-2-1-7-20-10-9-18-6-4-14-30-26(18)31-20/h3,5,8-10,21,23H,1-2,4,6-7,11-17H2,(H,30,31)(H,32,34)(H,35,36)/t23-/m0/s1. The highest BCUT2D eigenvalue weighted by Crippen LogP contribution is 2.28. The molecule has 9 heteroatoms. The van der Waals surface area contributed by atoms with E-state index in [4.69, 9.17) is 16.6 Å². The highest BCUT2D eigenvalue weighted by atomic mass is 35.5. The van der Waals surface area contributed by atoms with Gasteiger partial charge in [0.15, 0.2) is 0 Å². The summed E-state index contributed by atoms with van der Waals surface area (Å²) in [7, 11) is 0. The molecule has 7 nitrogen and oxygen atoms in total. The lowest BCUT2D eigenvalue weighted by Crippen LogP contribution is -2.44. The summed E-state index contributed by atoms with van der Waals surface area (Å²) in [6.07, 6.45) is 7.57. The number of aliphatic carboxylic acids is 1. The van der Waals surface area contributed by atoms with Crippen molar-refractivity contribution in [1.82, 2.24) is 15.2 Å². The summed E-state index contributed by atoms with van der Waals surface area (Å²) in [6.45, 7) is 2.48. The second kappa shape index (κ2) is 12.5. The molecule has 1 fully saturated rings. The van der Waals surface area contributed by atoms with E-state index in [1.54, 1.807) is 6.07 Å². The Hall–Kier alpha value is -2.71. The number of benzene rings is 1. The summed E-state index contributed by atoms with van der Waals surface area (Å²) >= 11 is 5.93. The predicted molar refractivity (Wildman–Crippen MR) is 138 cm³/mol. The first kappa shape index (κ1) is 26.4. The number of nitrogens with one attached hydrogen (secondary N) is 2. The number of hydrogen-bond acceptors (Lipinski definition) is 5. The molecule has 1 aliphatic carbocycles. The molecular formula is C27H34ClFN4O3. The van der Waals surface area contributed by atoms with Crippen molar-refractivity contribution in [3.05, 3.63) is 58.0 Å². The summed E-state index contributed by atoms with van der Waals surface area (Å²) in [5, 5.41) is 15.5. The van der Waals surface area contributed by atoms with Crippen molar-refractivity contribution in [2.45, 2.75) is 69.9 Å². The number of pyridine rings is 1. The van der Waals surface area contributed by atoms with Gasteiger partial charge < -0.3 is 20.6 Å². The Labute approximate surface area is 216 Å². The fraction of sp³-hybridized carbons (Fsp3) is 0.519. The normalized spacial score (nSPS) is 15.8. The van der Waals surface area contributed by atoms with Crippen LogP contribution in [0, 0.1) is 5.82 Å². The molecule has 1 amide bonds. The van der Waals surface area contributed by atoms with Crippen LogP contribution in [0.15, 0.2) is 30.3 Å². The molecule has 2 aromatic rings. The van der Waals surface area contributed by atoms with Crippen LogP contribution in [0.4, 0.5) is 10.2 Å². The Bertz CT molecular complexity index is 1080. The largest absolute Gasteiger partial charge is 0.480 e. The molecule has 4 rings (SSSR count). The van der Waals surface area contributed by atoms with Crippen molar-refractivity contribution in [1.29, 1.82) is 0 Å². The lowest BCUT2D eigenvalue weighted by Gasteiger charge is -2.24. The first-order chi connectivity index (χ1) is 17.4. The molecule has 2 aliphatic rings. The molecule has 1 atom stereocenters. The Morgan fingerprint density at radius 2 is 2.06 bits per heavy atom. The van der Waals surface area contributed by atoms with Gasteiger partial charge in [-0.2, -0.15) is 0 Å². The van der Waals surface area contributed by atoms with Crippen molar-refractivity contribution >= 4 is 29.3 Å². The Morgan fingerprint density at radius 3 is 2.83 bits per heavy atom. The molecule has 0 saturated heterocycles. The maximum absolute atomic E-state index is 13.6. The predicted octanol–water partition coefficient (Wildman–Crippen LogP) is 4.22. The second-order valence-electron chi connectivity index (χ2n) is 9.70. The van der Waals surface area contributed by atoms with Crippen molar-refractivity contribution in [2.75, 3.05) is 25.0 Å². The van der Waals surface area contributed by atoms with Crippen LogP contribution < -0.4 is 10.6 Å². The van der Waals surface area contributed by atoms with Crippen molar-refractivity contribution < 1.29 is 19.1 Å². The molecule has 1 aromatic carbocycles. The number of carbonyl (C=O) groups excluding carboxylic acids is 1. The van der Waals surface area contributed by atoms with Gasteiger partial charge in [0, 0.05) is 24.8 Å². The van der Waals surface area contributed by atoms with Gasteiger partial charge in [-0.15, -0.1) is 0 Å². The minimum absolute atomic E-state index is 0.110. The average Bonchev–Trinajstić information content (AvgIpc) is 3.71. The van der Waals surface area contributed by atoms with Crippen molar-refractivity contribution in [3.8, 4) is 0 Å². The van der Waals surface area contributed by atoms with E-state index in [0.717, 1.165) is 69.5 Å². The first-order valence-corrected chi connectivity index (χ1v) is 13.2. The van der Waals surface area contributed by atoms with Gasteiger partial charge in [0.2, 0.25) is 5.91 Å². The van der Waals surface area contributed by atoms with Crippen LogP contribution in [0.2, 0.25) is 5.02 Å². The van der Waals surface area contributed by atoms with E-state index in [-0.39, 0.29) is 11.4 Å². The smallest absolute Gasteiger partial charge is 0.326 e. The maximum atomic E-state index is 13.6. The number of fused-ring (bicyclic) bond motifs is 1. The quantitative estimate of drug-likeness (QED) is 0.345. The Balaban J connectivity index is 1.22. The Morgan fingerprint density at radius 1 is 1.22 bits per heavy atom. The summed E-state index contributed by atoms with van der Waals surface area (Å²) in [5.74, 6) is -1.13. The molecule has 2 heterocycles. The van der Waals surface area contributed by atoms with Crippen molar-refractivity contribution in [2.24, 2.45) is 0 Å². The topological polar surface area (TPSA) is 94.6 Å². The number of carbonyl (C=O) groups is 2. The van der Waals surface area contributed by atoms with Crippen LogP contribution in [0.1, 0.15) is 55.3 Å². The van der Waals surface area contributed by atoms with Crippen molar-refractivity contribution in [3.63, 3.8) is 0 Å². The molecule has 1 aromatic heterocycles. The summed E-state index contributed by atoms with van der Waals surface area (Å²) in [5.41, 5.74) is 2.74. The third-order valence-corrected chi connectivity index (χ3v) is 7.29. The monoisotopic (exact) mass is 516 g/mol. The lowest BCUT2D eigenvalue weighted by molar-refractivity contribution is -0.142. The summed E-state index contributed by atoms with van der Waals surface area (Å²) < 4.78 is 13.6. The summed E-state index contributed by atoms with van der Waals surface area (Å²) in [4.78, 5) is 31.3. The van der Waals surface area contributed by atoms with Crippen LogP contribution in [-0.2, 0) is 28.9 Å². The minimum atomic E-state index is -1.07. The van der Waals surface area contributed by atoms with Gasteiger partial charge in [-0.05, 0) is 81.2 Å². The molecule has 0 bridgehead atoms. The van der Waals surface area contributed by atoms with Crippen LogP contribution >= 0.6 is 11.6 Å². The number of amides is 1. The lowest BCUT2D eigenvalue weighted by atomic mass is 10.1. The molecule has 3 N–H and O–H groups in total. The SMILES string of the molecule is O=C(Cc1cccc(F)c1Cl)N[C@@H](CCN(CCCCc1ccc2c(n1)NCCC2)C1CC1)C(=O)O. The molecule has 36 heavy (non-hydrogen) atoms. The first-order valence-electron chi connectivity index (χ1n) is 12.8. The van der Waals surface area contributed by atoms with E-state index in [1.807, 2.05) is 0 Å². The molecule has 0 radical (unpaired) electrons. The highest BCUT2D eigenvalue weighted by molar-refractivity contribution is 6.31. The fourth-order valence-electron chi connectivity index (χ4n) is 4.70. The zero-order valence-corrected chi connectivity index (χ0v) is 21.2. The number of aromatic nitrogens is 1. The molecule has 1 aliphatic heterocycles. The number of rotatable bonds is 13. The third-order valence-electron chi connectivity index (χ3n) is 6.86. The van der Waals surface area contributed by atoms with Crippen LogP contribution in [0.25, 0.3) is 0 Å². The van der Waals surface area contributed by atoms with E-state index in [0.29, 0.717) is 24.6 Å². The molecule has 1 saturated carbocycles. The van der Waals surface area contributed by atoms with Crippen LogP contribution in [0.5, 0.6) is 0 Å². The molecular weight excluding hydrogens is 483 g/mol. The van der Waals surface area contributed by atoms with Gasteiger partial charge in [-0.3, -0.25) is 4.79 Å². The van der Waals surface area contributed by atoms with Gasteiger partial charge in [-0.1, -0.05) is 29.8 Å². The number of carboxylic acids is 1. The minimum Gasteiger partial charge on any atom is -0.480 e. The van der Waals surface area contributed by atoms with E-state index < -0.39 is 23.7 Å². The van der Waals surface area contributed by atoms with E-state index >= 15 is 0 Å². The highest BCUT2D eigenvalue weighted by Gasteiger charge is 2.30. The number of nitrogens with zero attached hydrogens (tertiary/aromatic N) is 2. The van der Waals surface area contributed by atoms with Gasteiger partial charge in [0.25, 0.3) is 0 Å². The van der Waals surface area contributed by atoms with E-state index in [2.05, 4.69) is 27.7 Å². The van der Waals surface area contributed by atoms with Gasteiger partial charge in [0.1, 0.15) is 17.7 Å². The Kier molecular flexibility index (Phi) is 9.15. The molecule has 0 unspecified atom stereocenters. The van der Waals surface area contributed by atoms with Gasteiger partial charge in [-0.25, -0.2) is 14.2 Å². The molecule has 194 valence electrons. The number of anilines is 1. The van der Waals surface area contributed by atoms with Gasteiger partial charge >= 0.3 is 5.97 Å². The number of unbranched alkanes of at least 4 members (excludes halogenated alkanes) is 1. The summed E-state index contributed by atoms with van der Waals surface area (Å²) in [6, 6.07) is 8.06. The fourth-order valence-corrected chi connectivity index (χ4v) is 4.89. The molecule has 0 spiro atoms. The number of hydrogen-bond donors (Lipinski definition) is 3. The maximum Gasteiger partial charge on any atom is 0.326 e. The second-order valence-corrected chi connectivity index (χ2v) is 10.1.